The normalized spacial score (nSPS) is 16.4. The molecule has 1 N–H and O–H groups in total. The molecular weight excluding hydrogens is 418 g/mol. The van der Waals surface area contributed by atoms with E-state index in [-0.39, 0.29) is 5.82 Å². The Morgan fingerprint density at radius 3 is 2.93 bits per heavy atom. The van der Waals surface area contributed by atoms with Crippen molar-refractivity contribution in [2.24, 2.45) is 7.05 Å². The number of aryl methyl sites for hydroxylation is 1. The first-order valence-electron chi connectivity index (χ1n) is 9.10. The van der Waals surface area contributed by atoms with Crippen molar-refractivity contribution in [2.75, 3.05) is 6.54 Å². The molecule has 4 aromatic heterocycles. The number of halogens is 3. The second kappa shape index (κ2) is 6.87. The van der Waals surface area contributed by atoms with Gasteiger partial charge in [-0.2, -0.15) is 5.10 Å². The molecule has 0 spiro atoms. The molecule has 5 heterocycles. The SMILES string of the molecule is Cn1nc(C(F)F)nc1C(=O)N1CCc2[nH]cnc2[C@H]1c1cc2c(Cl)cccn2n1. The number of hydrogen-bond donors (Lipinski definition) is 1. The highest BCUT2D eigenvalue weighted by Gasteiger charge is 2.38. The summed E-state index contributed by atoms with van der Waals surface area (Å²) >= 11 is 6.28. The number of H-pyrrole nitrogens is 1. The lowest BCUT2D eigenvalue weighted by Crippen LogP contribution is -2.42. The first-order chi connectivity index (χ1) is 14.4. The summed E-state index contributed by atoms with van der Waals surface area (Å²) in [6.45, 7) is 0.331. The average molecular weight is 433 g/mol. The molecule has 0 aromatic carbocycles. The summed E-state index contributed by atoms with van der Waals surface area (Å²) in [6, 6.07) is 4.67. The molecule has 154 valence electrons. The largest absolute Gasteiger partial charge is 0.348 e. The van der Waals surface area contributed by atoms with Crippen LogP contribution >= 0.6 is 11.6 Å². The number of nitrogens with one attached hydrogen (secondary N) is 1. The van der Waals surface area contributed by atoms with Crippen LogP contribution in [0.5, 0.6) is 0 Å². The molecule has 0 unspecified atom stereocenters. The Kier molecular flexibility index (Phi) is 4.28. The number of aromatic amines is 1. The number of alkyl halides is 2. The van der Waals surface area contributed by atoms with Gasteiger partial charge in [0, 0.05) is 31.9 Å². The Hall–Kier alpha value is -3.34. The molecule has 1 aliphatic rings. The van der Waals surface area contributed by atoms with Gasteiger partial charge in [-0.05, 0) is 18.2 Å². The van der Waals surface area contributed by atoms with Gasteiger partial charge in [0.1, 0.15) is 6.04 Å². The highest BCUT2D eigenvalue weighted by atomic mass is 35.5. The minimum atomic E-state index is -2.87. The standard InChI is InChI=1S/C18H15ClF2N8O/c1-27-17(24-16(26-27)15(20)21)18(30)28-6-4-10-13(23-8-22-10)14(28)11-7-12-9(19)3-2-5-29(12)25-11/h2-3,5,7-8,14-15H,4,6H2,1H3,(H,22,23)/t14-/m1/s1. The van der Waals surface area contributed by atoms with E-state index in [0.717, 1.165) is 10.4 Å². The molecule has 1 amide bonds. The zero-order valence-corrected chi connectivity index (χ0v) is 16.4. The maximum Gasteiger partial charge on any atom is 0.299 e. The van der Waals surface area contributed by atoms with E-state index in [1.54, 1.807) is 35.2 Å². The molecule has 0 radical (unpaired) electrons. The molecule has 9 nitrogen and oxygen atoms in total. The van der Waals surface area contributed by atoms with E-state index in [1.165, 1.54) is 11.9 Å². The summed E-state index contributed by atoms with van der Waals surface area (Å²) < 4.78 is 28.7. The van der Waals surface area contributed by atoms with E-state index in [1.807, 2.05) is 0 Å². The molecule has 12 heteroatoms. The van der Waals surface area contributed by atoms with Crippen molar-refractivity contribution in [3.63, 3.8) is 0 Å². The minimum Gasteiger partial charge on any atom is -0.348 e. The molecule has 0 saturated carbocycles. The first-order valence-corrected chi connectivity index (χ1v) is 9.48. The molecule has 1 atom stereocenters. The summed E-state index contributed by atoms with van der Waals surface area (Å²) in [4.78, 5) is 26.1. The Labute approximate surface area is 173 Å². The van der Waals surface area contributed by atoms with Gasteiger partial charge in [-0.25, -0.2) is 27.9 Å². The van der Waals surface area contributed by atoms with Gasteiger partial charge in [0.25, 0.3) is 12.3 Å². The number of rotatable bonds is 3. The van der Waals surface area contributed by atoms with Crippen LogP contribution in [0.15, 0.2) is 30.7 Å². The number of amides is 1. The molecule has 4 aromatic rings. The van der Waals surface area contributed by atoms with E-state index < -0.39 is 24.2 Å². The lowest BCUT2D eigenvalue weighted by molar-refractivity contribution is 0.0669. The fraction of sp³-hybridized carbons (Fsp3) is 0.278. The Morgan fingerprint density at radius 1 is 1.37 bits per heavy atom. The molecular formula is C18H15ClF2N8O. The smallest absolute Gasteiger partial charge is 0.299 e. The molecule has 1 aliphatic heterocycles. The van der Waals surface area contributed by atoms with Gasteiger partial charge in [-0.15, -0.1) is 5.10 Å². The third-order valence-electron chi connectivity index (χ3n) is 5.10. The van der Waals surface area contributed by atoms with E-state index >= 15 is 0 Å². The Bertz CT molecular complexity index is 1260. The van der Waals surface area contributed by atoms with Gasteiger partial charge in [0.2, 0.25) is 11.6 Å². The van der Waals surface area contributed by atoms with Crippen molar-refractivity contribution >= 4 is 23.0 Å². The highest BCUT2D eigenvalue weighted by molar-refractivity contribution is 6.33. The number of imidazole rings is 1. The van der Waals surface area contributed by atoms with Gasteiger partial charge >= 0.3 is 0 Å². The quantitative estimate of drug-likeness (QED) is 0.536. The molecule has 0 aliphatic carbocycles. The Balaban J connectivity index is 1.62. The average Bonchev–Trinajstić information content (AvgIpc) is 3.44. The zero-order chi connectivity index (χ0) is 21.0. The summed E-state index contributed by atoms with van der Waals surface area (Å²) in [5, 5.41) is 8.75. The third kappa shape index (κ3) is 2.84. The maximum atomic E-state index is 13.3. The molecule has 0 saturated heterocycles. The number of pyridine rings is 1. The number of fused-ring (bicyclic) bond motifs is 2. The lowest BCUT2D eigenvalue weighted by Gasteiger charge is -2.33. The van der Waals surface area contributed by atoms with Crippen LogP contribution in [-0.2, 0) is 13.5 Å². The number of carbonyl (C=O) groups is 1. The predicted molar refractivity (Wildman–Crippen MR) is 101 cm³/mol. The third-order valence-corrected chi connectivity index (χ3v) is 5.42. The monoisotopic (exact) mass is 432 g/mol. The van der Waals surface area contributed by atoms with Gasteiger partial charge in [0.05, 0.1) is 28.3 Å². The van der Waals surface area contributed by atoms with E-state index in [9.17, 15) is 13.6 Å². The summed E-state index contributed by atoms with van der Waals surface area (Å²) in [5.74, 6) is -1.39. The fourth-order valence-electron chi connectivity index (χ4n) is 3.74. The summed E-state index contributed by atoms with van der Waals surface area (Å²) in [5.41, 5.74) is 2.77. The molecule has 0 fully saturated rings. The van der Waals surface area contributed by atoms with Crippen molar-refractivity contribution in [3.05, 3.63) is 64.5 Å². The summed E-state index contributed by atoms with van der Waals surface area (Å²) in [6.07, 6.45) is 0.980. The van der Waals surface area contributed by atoms with Crippen LogP contribution in [0.2, 0.25) is 5.02 Å². The number of nitrogens with zero attached hydrogens (tertiary/aromatic N) is 7. The van der Waals surface area contributed by atoms with Crippen molar-refractivity contribution in [1.82, 2.24) is 39.2 Å². The van der Waals surface area contributed by atoms with Gasteiger partial charge in [0.15, 0.2) is 0 Å². The number of aromatic nitrogens is 7. The van der Waals surface area contributed by atoms with Crippen LogP contribution in [0.3, 0.4) is 0 Å². The van der Waals surface area contributed by atoms with E-state index in [2.05, 4.69) is 25.1 Å². The van der Waals surface area contributed by atoms with Crippen molar-refractivity contribution < 1.29 is 13.6 Å². The highest BCUT2D eigenvalue weighted by Crippen LogP contribution is 2.35. The van der Waals surface area contributed by atoms with Gasteiger partial charge < -0.3 is 9.88 Å². The molecule has 0 bridgehead atoms. The first kappa shape index (κ1) is 18.7. The Morgan fingerprint density at radius 2 is 2.20 bits per heavy atom. The lowest BCUT2D eigenvalue weighted by atomic mass is 9.99. The van der Waals surface area contributed by atoms with Crippen LogP contribution < -0.4 is 0 Å². The van der Waals surface area contributed by atoms with Crippen LogP contribution in [0, 0.1) is 0 Å². The second-order valence-corrected chi connectivity index (χ2v) is 7.30. The number of carbonyl (C=O) groups excluding carboxylic acids is 1. The van der Waals surface area contributed by atoms with E-state index in [4.69, 9.17) is 11.6 Å². The van der Waals surface area contributed by atoms with Crippen molar-refractivity contribution in [1.29, 1.82) is 0 Å². The van der Waals surface area contributed by atoms with Crippen molar-refractivity contribution in [2.45, 2.75) is 18.9 Å². The predicted octanol–water partition coefficient (Wildman–Crippen LogP) is 2.56. The topological polar surface area (TPSA) is 97.0 Å². The van der Waals surface area contributed by atoms with Crippen molar-refractivity contribution in [3.8, 4) is 0 Å². The molecule has 30 heavy (non-hydrogen) atoms. The summed E-state index contributed by atoms with van der Waals surface area (Å²) in [7, 11) is 1.41. The van der Waals surface area contributed by atoms with E-state index in [0.29, 0.717) is 34.9 Å². The van der Waals surface area contributed by atoms with Crippen LogP contribution in [0.1, 0.15) is 46.0 Å². The zero-order valence-electron chi connectivity index (χ0n) is 15.6. The van der Waals surface area contributed by atoms with Gasteiger partial charge in [-0.1, -0.05) is 11.6 Å². The van der Waals surface area contributed by atoms with Crippen LogP contribution in [0.25, 0.3) is 5.52 Å². The van der Waals surface area contributed by atoms with Gasteiger partial charge in [-0.3, -0.25) is 4.79 Å². The second-order valence-electron chi connectivity index (χ2n) is 6.89. The maximum absolute atomic E-state index is 13.3. The minimum absolute atomic E-state index is 0.170. The number of hydrogen-bond acceptors (Lipinski definition) is 5. The fourth-order valence-corrected chi connectivity index (χ4v) is 3.95. The van der Waals surface area contributed by atoms with Crippen LogP contribution in [-0.4, -0.2) is 51.7 Å². The molecule has 5 rings (SSSR count). The van der Waals surface area contributed by atoms with Crippen LogP contribution in [0.4, 0.5) is 8.78 Å².